The molecule has 28 heavy (non-hydrogen) atoms. The van der Waals surface area contributed by atoms with Crippen molar-refractivity contribution in [2.45, 2.75) is 52.0 Å². The first-order chi connectivity index (χ1) is 13.7. The van der Waals surface area contributed by atoms with Gasteiger partial charge in [-0.1, -0.05) is 86.8 Å². The van der Waals surface area contributed by atoms with Crippen molar-refractivity contribution in [1.82, 2.24) is 9.55 Å². The maximum Gasteiger partial charge on any atom is 0.328 e. The van der Waals surface area contributed by atoms with Crippen molar-refractivity contribution in [3.8, 4) is 0 Å². The summed E-state index contributed by atoms with van der Waals surface area (Å²) in [4.78, 5) is 28.8. The zero-order chi connectivity index (χ0) is 19.8. The largest absolute Gasteiger partial charge is 0.328 e. The molecule has 3 rings (SSSR count). The lowest BCUT2D eigenvalue weighted by Gasteiger charge is -2.13. The van der Waals surface area contributed by atoms with Gasteiger partial charge in [-0.05, 0) is 17.5 Å². The number of hydrogen-bond donors (Lipinski definition) is 1. The normalized spacial score (nSPS) is 10.9. The van der Waals surface area contributed by atoms with Crippen molar-refractivity contribution in [3.05, 3.63) is 104 Å². The molecule has 0 amide bonds. The molecule has 146 valence electrons. The van der Waals surface area contributed by atoms with Crippen molar-refractivity contribution < 1.29 is 0 Å². The average Bonchev–Trinajstić information content (AvgIpc) is 2.72. The summed E-state index contributed by atoms with van der Waals surface area (Å²) in [6.45, 7) is 2.62. The highest BCUT2D eigenvalue weighted by molar-refractivity contribution is 5.31. The van der Waals surface area contributed by atoms with Crippen LogP contribution >= 0.6 is 0 Å². The Hall–Kier alpha value is -2.88. The molecule has 0 aliphatic heterocycles. The minimum Gasteiger partial charge on any atom is -0.310 e. The maximum atomic E-state index is 13.2. The standard InChI is InChI=1S/C24H28N2O2/c1-2-3-4-11-16-26-23(27)21(17-19-12-7-5-8-13-19)22(25-24(26)28)18-20-14-9-6-10-15-20/h5-10,12-15H,2-4,11,16-18H2,1H3,(H,25,28). The van der Waals surface area contributed by atoms with Crippen LogP contribution in [0.5, 0.6) is 0 Å². The van der Waals surface area contributed by atoms with Crippen LogP contribution < -0.4 is 11.2 Å². The van der Waals surface area contributed by atoms with Gasteiger partial charge in [0.15, 0.2) is 0 Å². The minimum absolute atomic E-state index is 0.157. The second-order valence-electron chi connectivity index (χ2n) is 7.23. The van der Waals surface area contributed by atoms with Crippen molar-refractivity contribution >= 4 is 0 Å². The second kappa shape index (κ2) is 9.88. The average molecular weight is 377 g/mol. The quantitative estimate of drug-likeness (QED) is 0.566. The first-order valence-corrected chi connectivity index (χ1v) is 10.1. The zero-order valence-corrected chi connectivity index (χ0v) is 16.5. The summed E-state index contributed by atoms with van der Waals surface area (Å²) in [7, 11) is 0. The van der Waals surface area contributed by atoms with Crippen molar-refractivity contribution in [3.63, 3.8) is 0 Å². The fraction of sp³-hybridized carbons (Fsp3) is 0.333. The Kier molecular flexibility index (Phi) is 7.01. The van der Waals surface area contributed by atoms with Crippen molar-refractivity contribution in [2.75, 3.05) is 0 Å². The Labute approximate surface area is 165 Å². The van der Waals surface area contributed by atoms with E-state index in [-0.39, 0.29) is 11.2 Å². The summed E-state index contributed by atoms with van der Waals surface area (Å²) < 4.78 is 1.38. The lowest BCUT2D eigenvalue weighted by Crippen LogP contribution is -2.39. The molecule has 1 heterocycles. The topological polar surface area (TPSA) is 54.9 Å². The lowest BCUT2D eigenvalue weighted by molar-refractivity contribution is 0.544. The molecule has 1 aromatic heterocycles. The third kappa shape index (κ3) is 5.10. The van der Waals surface area contributed by atoms with E-state index in [0.717, 1.165) is 42.5 Å². The highest BCUT2D eigenvalue weighted by Crippen LogP contribution is 2.13. The van der Waals surface area contributed by atoms with Gasteiger partial charge in [0, 0.05) is 30.6 Å². The van der Waals surface area contributed by atoms with E-state index in [1.165, 1.54) is 4.57 Å². The number of nitrogens with zero attached hydrogens (tertiary/aromatic N) is 1. The van der Waals surface area contributed by atoms with Gasteiger partial charge in [0.1, 0.15) is 0 Å². The van der Waals surface area contributed by atoms with Crippen LogP contribution in [-0.2, 0) is 19.4 Å². The van der Waals surface area contributed by atoms with Gasteiger partial charge in [-0.3, -0.25) is 9.36 Å². The molecule has 4 heteroatoms. The highest BCUT2D eigenvalue weighted by Gasteiger charge is 2.15. The van der Waals surface area contributed by atoms with E-state index in [2.05, 4.69) is 11.9 Å². The third-order valence-corrected chi connectivity index (χ3v) is 5.05. The number of rotatable bonds is 9. The molecule has 0 aliphatic rings. The summed E-state index contributed by atoms with van der Waals surface area (Å²) >= 11 is 0. The SMILES string of the molecule is CCCCCCn1c(=O)[nH]c(Cc2ccccc2)c(Cc2ccccc2)c1=O. The van der Waals surface area contributed by atoms with E-state index in [1.54, 1.807) is 0 Å². The Morgan fingerprint density at radius 2 is 1.39 bits per heavy atom. The van der Waals surface area contributed by atoms with E-state index >= 15 is 0 Å². The minimum atomic E-state index is -0.302. The monoisotopic (exact) mass is 376 g/mol. The molecule has 0 atom stereocenters. The van der Waals surface area contributed by atoms with Gasteiger partial charge < -0.3 is 4.98 Å². The van der Waals surface area contributed by atoms with Gasteiger partial charge in [-0.25, -0.2) is 4.79 Å². The number of benzene rings is 2. The van der Waals surface area contributed by atoms with Gasteiger partial charge in [-0.15, -0.1) is 0 Å². The number of H-pyrrole nitrogens is 1. The fourth-order valence-corrected chi connectivity index (χ4v) is 3.49. The van der Waals surface area contributed by atoms with E-state index in [0.29, 0.717) is 24.9 Å². The number of nitrogens with one attached hydrogen (secondary N) is 1. The van der Waals surface area contributed by atoms with E-state index in [1.807, 2.05) is 60.7 Å². The summed E-state index contributed by atoms with van der Waals surface area (Å²) in [6.07, 6.45) is 5.19. The maximum absolute atomic E-state index is 13.2. The first kappa shape index (κ1) is 19.9. The predicted octanol–water partition coefficient (Wildman–Crippen LogP) is 4.30. The van der Waals surface area contributed by atoms with Crippen LogP contribution in [0.2, 0.25) is 0 Å². The number of aromatic nitrogens is 2. The van der Waals surface area contributed by atoms with Crippen LogP contribution in [0.25, 0.3) is 0 Å². The molecule has 0 radical (unpaired) electrons. The molecule has 0 spiro atoms. The van der Waals surface area contributed by atoms with Crippen LogP contribution in [0.15, 0.2) is 70.3 Å². The predicted molar refractivity (Wildman–Crippen MR) is 114 cm³/mol. The second-order valence-corrected chi connectivity index (χ2v) is 7.23. The van der Waals surface area contributed by atoms with Gasteiger partial charge in [0.2, 0.25) is 0 Å². The Morgan fingerprint density at radius 3 is 2.00 bits per heavy atom. The molecular weight excluding hydrogens is 348 g/mol. The Bertz CT molecular complexity index is 989. The van der Waals surface area contributed by atoms with Gasteiger partial charge in [0.05, 0.1) is 0 Å². The molecule has 0 aliphatic carbocycles. The summed E-state index contributed by atoms with van der Waals surface area (Å²) in [5, 5.41) is 0. The smallest absolute Gasteiger partial charge is 0.310 e. The van der Waals surface area contributed by atoms with E-state index in [9.17, 15) is 9.59 Å². The summed E-state index contributed by atoms with van der Waals surface area (Å²) in [5.41, 5.74) is 3.09. The number of hydrogen-bond acceptors (Lipinski definition) is 2. The lowest BCUT2D eigenvalue weighted by atomic mass is 10.0. The van der Waals surface area contributed by atoms with Crippen LogP contribution in [0.1, 0.15) is 55.0 Å². The highest BCUT2D eigenvalue weighted by atomic mass is 16.2. The van der Waals surface area contributed by atoms with Gasteiger partial charge in [0.25, 0.3) is 5.56 Å². The molecule has 0 bridgehead atoms. The van der Waals surface area contributed by atoms with Gasteiger partial charge >= 0.3 is 5.69 Å². The Morgan fingerprint density at radius 1 is 0.786 bits per heavy atom. The number of unbranched alkanes of at least 4 members (excludes halogenated alkanes) is 3. The van der Waals surface area contributed by atoms with Crippen LogP contribution in [0, 0.1) is 0 Å². The fourth-order valence-electron chi connectivity index (χ4n) is 3.49. The molecule has 0 unspecified atom stereocenters. The molecule has 0 saturated carbocycles. The molecule has 0 fully saturated rings. The van der Waals surface area contributed by atoms with Crippen molar-refractivity contribution in [1.29, 1.82) is 0 Å². The third-order valence-electron chi connectivity index (χ3n) is 5.05. The number of aromatic amines is 1. The first-order valence-electron chi connectivity index (χ1n) is 10.1. The summed E-state index contributed by atoms with van der Waals surface area (Å²) in [6, 6.07) is 19.9. The molecule has 1 N–H and O–H groups in total. The molecule has 4 nitrogen and oxygen atoms in total. The molecular formula is C24H28N2O2. The summed E-state index contributed by atoms with van der Waals surface area (Å²) in [5.74, 6) is 0. The van der Waals surface area contributed by atoms with Crippen LogP contribution in [0.3, 0.4) is 0 Å². The van der Waals surface area contributed by atoms with Crippen LogP contribution in [-0.4, -0.2) is 9.55 Å². The molecule has 0 saturated heterocycles. The van der Waals surface area contributed by atoms with E-state index in [4.69, 9.17) is 0 Å². The zero-order valence-electron chi connectivity index (χ0n) is 16.5. The van der Waals surface area contributed by atoms with Crippen molar-refractivity contribution in [2.24, 2.45) is 0 Å². The van der Waals surface area contributed by atoms with E-state index < -0.39 is 0 Å². The van der Waals surface area contributed by atoms with Crippen LogP contribution in [0.4, 0.5) is 0 Å². The molecule has 3 aromatic rings. The molecule has 2 aromatic carbocycles. The Balaban J connectivity index is 1.97. The van der Waals surface area contributed by atoms with Gasteiger partial charge in [-0.2, -0.15) is 0 Å².